The Hall–Kier alpha value is -0.180. The number of fused-ring (bicyclic) bond motifs is 1. The van der Waals surface area contributed by atoms with Crippen molar-refractivity contribution in [2.75, 3.05) is 12.3 Å². The molecule has 0 saturated heterocycles. The molecular weight excluding hydrogens is 214 g/mol. The molecule has 0 fully saturated rings. The van der Waals surface area contributed by atoms with Gasteiger partial charge in [-0.2, -0.15) is 11.8 Å². The van der Waals surface area contributed by atoms with Gasteiger partial charge in [-0.1, -0.05) is 24.6 Å². The quantitative estimate of drug-likeness (QED) is 0.833. The Morgan fingerprint density at radius 1 is 1.57 bits per heavy atom. The van der Waals surface area contributed by atoms with Crippen LogP contribution in [-0.4, -0.2) is 12.3 Å². The van der Waals surface area contributed by atoms with Crippen molar-refractivity contribution in [2.45, 2.75) is 18.7 Å². The first kappa shape index (κ1) is 10.3. The van der Waals surface area contributed by atoms with Crippen LogP contribution in [0.15, 0.2) is 18.2 Å². The van der Waals surface area contributed by atoms with E-state index in [2.05, 4.69) is 24.4 Å². The molecule has 2 rings (SSSR count). The molecule has 1 aliphatic heterocycles. The molecule has 1 N–H and O–H groups in total. The summed E-state index contributed by atoms with van der Waals surface area (Å²) in [4.78, 5) is 0. The first-order chi connectivity index (χ1) is 6.81. The smallest absolute Gasteiger partial charge is 0.0415 e. The molecule has 76 valence electrons. The summed E-state index contributed by atoms with van der Waals surface area (Å²) in [5, 5.41) is 4.33. The van der Waals surface area contributed by atoms with Crippen molar-refractivity contribution < 1.29 is 0 Å². The van der Waals surface area contributed by atoms with E-state index in [0.717, 1.165) is 23.1 Å². The normalized spacial score (nSPS) is 20.6. The van der Waals surface area contributed by atoms with Crippen molar-refractivity contribution in [3.63, 3.8) is 0 Å². The second kappa shape index (κ2) is 4.56. The summed E-state index contributed by atoms with van der Waals surface area (Å²) in [7, 11) is 0. The molecule has 1 aliphatic rings. The fourth-order valence-corrected chi connectivity index (χ4v) is 3.13. The number of nitrogens with one attached hydrogen (secondary N) is 1. The SMILES string of the molecule is CCNC1CSCc2ccc(Cl)cc21. The van der Waals surface area contributed by atoms with Gasteiger partial charge in [-0.15, -0.1) is 0 Å². The van der Waals surface area contributed by atoms with E-state index in [1.54, 1.807) is 0 Å². The molecule has 0 spiro atoms. The van der Waals surface area contributed by atoms with Gasteiger partial charge in [0.15, 0.2) is 0 Å². The van der Waals surface area contributed by atoms with Crippen molar-refractivity contribution in [1.29, 1.82) is 0 Å². The van der Waals surface area contributed by atoms with Gasteiger partial charge in [0, 0.05) is 22.6 Å². The van der Waals surface area contributed by atoms with Gasteiger partial charge in [-0.05, 0) is 29.8 Å². The number of benzene rings is 1. The van der Waals surface area contributed by atoms with E-state index in [4.69, 9.17) is 11.6 Å². The van der Waals surface area contributed by atoms with Gasteiger partial charge < -0.3 is 5.32 Å². The molecule has 1 aromatic carbocycles. The lowest BCUT2D eigenvalue weighted by atomic mass is 10.0. The second-order valence-electron chi connectivity index (χ2n) is 3.47. The molecule has 0 amide bonds. The Bertz CT molecular complexity index is 327. The molecule has 1 atom stereocenters. The number of rotatable bonds is 2. The summed E-state index contributed by atoms with van der Waals surface area (Å²) in [6.45, 7) is 3.15. The minimum absolute atomic E-state index is 0.479. The standard InChI is InChI=1S/C11H14ClNS/c1-2-13-11-7-14-6-8-3-4-9(12)5-10(8)11/h3-5,11,13H,2,6-7H2,1H3. The maximum absolute atomic E-state index is 6.01. The van der Waals surface area contributed by atoms with Crippen molar-refractivity contribution >= 4 is 23.4 Å². The lowest BCUT2D eigenvalue weighted by Gasteiger charge is -2.25. The van der Waals surface area contributed by atoms with Crippen LogP contribution in [0.1, 0.15) is 24.1 Å². The highest BCUT2D eigenvalue weighted by Crippen LogP contribution is 2.33. The van der Waals surface area contributed by atoms with Gasteiger partial charge in [-0.25, -0.2) is 0 Å². The van der Waals surface area contributed by atoms with Crippen LogP contribution in [0.2, 0.25) is 5.02 Å². The van der Waals surface area contributed by atoms with Gasteiger partial charge in [0.1, 0.15) is 0 Å². The van der Waals surface area contributed by atoms with Crippen molar-refractivity contribution in [1.82, 2.24) is 5.32 Å². The van der Waals surface area contributed by atoms with Crippen LogP contribution < -0.4 is 5.32 Å². The van der Waals surface area contributed by atoms with Crippen LogP contribution in [0, 0.1) is 0 Å². The van der Waals surface area contributed by atoms with Gasteiger partial charge in [0.25, 0.3) is 0 Å². The van der Waals surface area contributed by atoms with Crippen LogP contribution in [0.5, 0.6) is 0 Å². The average molecular weight is 228 g/mol. The summed E-state index contributed by atoms with van der Waals surface area (Å²) >= 11 is 7.99. The van der Waals surface area contributed by atoms with Gasteiger partial charge in [-0.3, -0.25) is 0 Å². The van der Waals surface area contributed by atoms with Crippen LogP contribution in [-0.2, 0) is 5.75 Å². The lowest BCUT2D eigenvalue weighted by Crippen LogP contribution is -2.26. The molecule has 1 nitrogen and oxygen atoms in total. The first-order valence-corrected chi connectivity index (χ1v) is 6.44. The summed E-state index contributed by atoms with van der Waals surface area (Å²) in [6.07, 6.45) is 0. The zero-order valence-corrected chi connectivity index (χ0v) is 9.79. The maximum atomic E-state index is 6.01. The second-order valence-corrected chi connectivity index (χ2v) is 4.94. The zero-order chi connectivity index (χ0) is 9.97. The molecule has 3 heteroatoms. The Balaban J connectivity index is 2.32. The van der Waals surface area contributed by atoms with Crippen LogP contribution >= 0.6 is 23.4 Å². The molecule has 0 saturated carbocycles. The Labute approximate surface area is 94.2 Å². The predicted molar refractivity (Wildman–Crippen MR) is 64.0 cm³/mol. The maximum Gasteiger partial charge on any atom is 0.0415 e. The van der Waals surface area contributed by atoms with E-state index in [1.165, 1.54) is 11.1 Å². The zero-order valence-electron chi connectivity index (χ0n) is 8.22. The Morgan fingerprint density at radius 2 is 2.43 bits per heavy atom. The number of halogens is 1. The van der Waals surface area contributed by atoms with E-state index < -0.39 is 0 Å². The third-order valence-electron chi connectivity index (χ3n) is 2.48. The number of thioether (sulfide) groups is 1. The van der Waals surface area contributed by atoms with E-state index >= 15 is 0 Å². The van der Waals surface area contributed by atoms with Crippen LogP contribution in [0.4, 0.5) is 0 Å². The van der Waals surface area contributed by atoms with Gasteiger partial charge in [0.2, 0.25) is 0 Å². The monoisotopic (exact) mass is 227 g/mol. The minimum atomic E-state index is 0.479. The summed E-state index contributed by atoms with van der Waals surface area (Å²) in [5.41, 5.74) is 2.81. The fourth-order valence-electron chi connectivity index (χ4n) is 1.81. The molecule has 0 radical (unpaired) electrons. The lowest BCUT2D eigenvalue weighted by molar-refractivity contribution is 0.598. The number of hydrogen-bond donors (Lipinski definition) is 1. The highest BCUT2D eigenvalue weighted by atomic mass is 35.5. The average Bonchev–Trinajstić information content (AvgIpc) is 2.19. The summed E-state index contributed by atoms with van der Waals surface area (Å²) < 4.78 is 0. The minimum Gasteiger partial charge on any atom is -0.309 e. The fraction of sp³-hybridized carbons (Fsp3) is 0.455. The molecule has 1 unspecified atom stereocenters. The summed E-state index contributed by atoms with van der Waals surface area (Å²) in [6, 6.07) is 6.71. The van der Waals surface area contributed by atoms with E-state index in [-0.39, 0.29) is 0 Å². The van der Waals surface area contributed by atoms with E-state index in [0.29, 0.717) is 6.04 Å². The largest absolute Gasteiger partial charge is 0.309 e. The molecule has 0 bridgehead atoms. The van der Waals surface area contributed by atoms with Crippen LogP contribution in [0.25, 0.3) is 0 Å². The number of hydrogen-bond acceptors (Lipinski definition) is 2. The predicted octanol–water partition coefficient (Wildman–Crippen LogP) is 3.24. The van der Waals surface area contributed by atoms with Gasteiger partial charge in [0.05, 0.1) is 0 Å². The molecule has 1 heterocycles. The van der Waals surface area contributed by atoms with Crippen molar-refractivity contribution in [3.8, 4) is 0 Å². The van der Waals surface area contributed by atoms with Crippen molar-refractivity contribution in [3.05, 3.63) is 34.3 Å². The van der Waals surface area contributed by atoms with E-state index in [9.17, 15) is 0 Å². The third kappa shape index (κ3) is 2.08. The molecule has 14 heavy (non-hydrogen) atoms. The molecular formula is C11H14ClNS. The third-order valence-corrected chi connectivity index (χ3v) is 3.80. The van der Waals surface area contributed by atoms with Crippen molar-refractivity contribution in [2.24, 2.45) is 0 Å². The molecule has 1 aromatic rings. The topological polar surface area (TPSA) is 12.0 Å². The van der Waals surface area contributed by atoms with Gasteiger partial charge >= 0.3 is 0 Å². The Morgan fingerprint density at radius 3 is 3.21 bits per heavy atom. The molecule has 0 aromatic heterocycles. The highest BCUT2D eigenvalue weighted by Gasteiger charge is 2.19. The van der Waals surface area contributed by atoms with E-state index in [1.807, 2.05) is 17.8 Å². The molecule has 0 aliphatic carbocycles. The van der Waals surface area contributed by atoms with Crippen LogP contribution in [0.3, 0.4) is 0 Å². The highest BCUT2D eigenvalue weighted by molar-refractivity contribution is 7.98. The first-order valence-electron chi connectivity index (χ1n) is 4.90. The Kier molecular flexibility index (Phi) is 3.37. The summed E-state index contributed by atoms with van der Waals surface area (Å²) in [5.74, 6) is 2.27.